The molecule has 0 amide bonds. The summed E-state index contributed by atoms with van der Waals surface area (Å²) in [5, 5.41) is 8.06. The minimum Gasteiger partial charge on any atom is -0.487 e. The third-order valence-electron chi connectivity index (χ3n) is 4.62. The van der Waals surface area contributed by atoms with E-state index >= 15 is 0 Å². The summed E-state index contributed by atoms with van der Waals surface area (Å²) in [4.78, 5) is 8.79. The molecule has 3 rings (SSSR count). The zero-order chi connectivity index (χ0) is 19.1. The average molecular weight is 363 g/mol. The van der Waals surface area contributed by atoms with Crippen molar-refractivity contribution in [1.82, 2.24) is 9.97 Å². The molecule has 27 heavy (non-hydrogen) atoms. The van der Waals surface area contributed by atoms with Gasteiger partial charge in [0.2, 0.25) is 5.89 Å². The summed E-state index contributed by atoms with van der Waals surface area (Å²) >= 11 is 0. The number of oxazole rings is 1. The van der Waals surface area contributed by atoms with Crippen LogP contribution >= 0.6 is 0 Å². The maximum absolute atomic E-state index is 8.06. The Hall–Kier alpha value is -2.95. The van der Waals surface area contributed by atoms with Crippen LogP contribution in [0.1, 0.15) is 38.1 Å². The van der Waals surface area contributed by atoms with Crippen molar-refractivity contribution >= 4 is 5.71 Å². The molecule has 3 aromatic rings. The molecule has 0 aliphatic carbocycles. The second-order valence-corrected chi connectivity index (χ2v) is 6.61. The van der Waals surface area contributed by atoms with E-state index in [2.05, 4.69) is 23.8 Å². The molecular formula is C22H25N3O2. The van der Waals surface area contributed by atoms with Crippen molar-refractivity contribution in [2.24, 2.45) is 5.92 Å². The summed E-state index contributed by atoms with van der Waals surface area (Å²) in [6, 6.07) is 13.4. The van der Waals surface area contributed by atoms with Crippen LogP contribution in [0, 0.1) is 11.3 Å². The van der Waals surface area contributed by atoms with Crippen molar-refractivity contribution in [3.05, 3.63) is 66.3 Å². The predicted octanol–water partition coefficient (Wildman–Crippen LogP) is 5.31. The molecule has 1 aromatic carbocycles. The lowest BCUT2D eigenvalue weighted by molar-refractivity contribution is 0.301. The van der Waals surface area contributed by atoms with Gasteiger partial charge in [0.25, 0.3) is 0 Å². The number of nitrogens with zero attached hydrogens (tertiary/aromatic N) is 2. The number of nitrogens with one attached hydrogen (secondary N) is 1. The smallest absolute Gasteiger partial charge is 0.226 e. The van der Waals surface area contributed by atoms with Gasteiger partial charge in [-0.2, -0.15) is 0 Å². The van der Waals surface area contributed by atoms with E-state index in [-0.39, 0.29) is 0 Å². The monoisotopic (exact) mass is 363 g/mol. The first-order valence-corrected chi connectivity index (χ1v) is 9.30. The fourth-order valence-corrected chi connectivity index (χ4v) is 2.64. The summed E-state index contributed by atoms with van der Waals surface area (Å²) in [7, 11) is 0. The highest BCUT2D eigenvalue weighted by molar-refractivity contribution is 5.83. The van der Waals surface area contributed by atoms with Crippen molar-refractivity contribution < 1.29 is 9.15 Å². The number of ether oxygens (including phenoxy) is 1. The molecule has 0 aliphatic rings. The predicted molar refractivity (Wildman–Crippen MR) is 106 cm³/mol. The Balaban J connectivity index is 1.56. The first kappa shape index (κ1) is 18.8. The van der Waals surface area contributed by atoms with Crippen molar-refractivity contribution in [2.75, 3.05) is 0 Å². The normalized spacial score (nSPS) is 11.9. The Kier molecular flexibility index (Phi) is 6.36. The molecule has 2 heterocycles. The second-order valence-electron chi connectivity index (χ2n) is 6.61. The Labute approximate surface area is 159 Å². The molecule has 0 spiro atoms. The van der Waals surface area contributed by atoms with Gasteiger partial charge in [0, 0.05) is 17.5 Å². The van der Waals surface area contributed by atoms with E-state index in [9.17, 15) is 0 Å². The summed E-state index contributed by atoms with van der Waals surface area (Å²) in [6.45, 7) is 4.64. The molecule has 0 saturated carbocycles. The largest absolute Gasteiger partial charge is 0.487 e. The standard InChI is InChI=1S/C22H25N3O2/c1-3-16(2)21(23)12-9-19-15-27-22(25-19)17-7-10-20(11-8-17)26-14-18-6-4-5-13-24-18/h4-8,10-11,13,15-16,23H,3,9,12,14H2,1-2H3/t16-/m1/s1. The van der Waals surface area contributed by atoms with Crippen molar-refractivity contribution in [1.29, 1.82) is 5.41 Å². The van der Waals surface area contributed by atoms with Crippen LogP contribution < -0.4 is 4.74 Å². The first-order chi connectivity index (χ1) is 13.2. The molecule has 140 valence electrons. The van der Waals surface area contributed by atoms with E-state index in [1.165, 1.54) is 0 Å². The molecule has 0 aliphatic heterocycles. The Morgan fingerprint density at radius 2 is 1.96 bits per heavy atom. The molecule has 5 nitrogen and oxygen atoms in total. The maximum Gasteiger partial charge on any atom is 0.226 e. The van der Waals surface area contributed by atoms with Crippen LogP contribution in [0.4, 0.5) is 0 Å². The van der Waals surface area contributed by atoms with Crippen LogP contribution in [0.15, 0.2) is 59.3 Å². The van der Waals surface area contributed by atoms with Crippen LogP contribution in [0.5, 0.6) is 5.75 Å². The zero-order valence-corrected chi connectivity index (χ0v) is 15.8. The third-order valence-corrected chi connectivity index (χ3v) is 4.62. The molecule has 0 fully saturated rings. The quantitative estimate of drug-likeness (QED) is 0.523. The van der Waals surface area contributed by atoms with Crippen molar-refractivity contribution in [2.45, 2.75) is 39.7 Å². The second kappa shape index (κ2) is 9.12. The number of pyridine rings is 1. The molecule has 0 saturated heterocycles. The lowest BCUT2D eigenvalue weighted by Gasteiger charge is -2.08. The van der Waals surface area contributed by atoms with Crippen LogP contribution in [0.2, 0.25) is 0 Å². The molecule has 2 aromatic heterocycles. The highest BCUT2D eigenvalue weighted by atomic mass is 16.5. The third kappa shape index (κ3) is 5.26. The average Bonchev–Trinajstić information content (AvgIpc) is 3.20. The van der Waals surface area contributed by atoms with Crippen LogP contribution in [0.25, 0.3) is 11.5 Å². The summed E-state index contributed by atoms with van der Waals surface area (Å²) < 4.78 is 11.4. The van der Waals surface area contributed by atoms with Crippen LogP contribution in [-0.4, -0.2) is 15.7 Å². The number of hydrogen-bond donors (Lipinski definition) is 1. The topological polar surface area (TPSA) is 72.0 Å². The molecule has 0 unspecified atom stereocenters. The van der Waals surface area contributed by atoms with Crippen LogP contribution in [0.3, 0.4) is 0 Å². The van der Waals surface area contributed by atoms with Crippen molar-refractivity contribution in [3.63, 3.8) is 0 Å². The van der Waals surface area contributed by atoms with Gasteiger partial charge in [-0.15, -0.1) is 0 Å². The van der Waals surface area contributed by atoms with Gasteiger partial charge in [-0.25, -0.2) is 4.98 Å². The van der Waals surface area contributed by atoms with Crippen LogP contribution in [-0.2, 0) is 13.0 Å². The summed E-state index contributed by atoms with van der Waals surface area (Å²) in [5.41, 5.74) is 3.45. The molecule has 0 radical (unpaired) electrons. The van der Waals surface area contributed by atoms with E-state index in [0.29, 0.717) is 18.4 Å². The lowest BCUT2D eigenvalue weighted by atomic mass is 9.98. The van der Waals surface area contributed by atoms with Gasteiger partial charge in [-0.1, -0.05) is 19.9 Å². The molecule has 1 atom stereocenters. The highest BCUT2D eigenvalue weighted by Crippen LogP contribution is 2.23. The number of rotatable bonds is 9. The van der Waals surface area contributed by atoms with Gasteiger partial charge >= 0.3 is 0 Å². The molecular weight excluding hydrogens is 338 g/mol. The number of aryl methyl sites for hydroxylation is 1. The van der Waals surface area contributed by atoms with Gasteiger partial charge in [0.05, 0.1) is 11.4 Å². The Morgan fingerprint density at radius 1 is 1.15 bits per heavy atom. The number of hydrogen-bond acceptors (Lipinski definition) is 5. The van der Waals surface area contributed by atoms with E-state index in [1.54, 1.807) is 12.5 Å². The summed E-state index contributed by atoms with van der Waals surface area (Å²) in [5.74, 6) is 1.70. The maximum atomic E-state index is 8.06. The molecule has 0 bridgehead atoms. The fourth-order valence-electron chi connectivity index (χ4n) is 2.64. The van der Waals surface area contributed by atoms with E-state index in [4.69, 9.17) is 14.6 Å². The SMILES string of the molecule is CC[C@@H](C)C(=N)CCc1coc(-c2ccc(OCc3ccccn3)cc2)n1. The molecule has 1 N–H and O–H groups in total. The van der Waals surface area contributed by atoms with E-state index < -0.39 is 0 Å². The Bertz CT molecular complexity index is 857. The minimum atomic E-state index is 0.329. The van der Waals surface area contributed by atoms with E-state index in [1.807, 2.05) is 42.5 Å². The first-order valence-electron chi connectivity index (χ1n) is 9.30. The fraction of sp³-hybridized carbons (Fsp3) is 0.318. The minimum absolute atomic E-state index is 0.329. The Morgan fingerprint density at radius 3 is 2.67 bits per heavy atom. The van der Waals surface area contributed by atoms with Gasteiger partial charge in [0.1, 0.15) is 18.6 Å². The van der Waals surface area contributed by atoms with Gasteiger partial charge in [0.15, 0.2) is 0 Å². The van der Waals surface area contributed by atoms with Gasteiger partial charge in [-0.3, -0.25) is 4.98 Å². The number of aromatic nitrogens is 2. The summed E-state index contributed by atoms with van der Waals surface area (Å²) in [6.07, 6.45) is 5.90. The van der Waals surface area contributed by atoms with Crippen molar-refractivity contribution in [3.8, 4) is 17.2 Å². The molecule has 5 heteroatoms. The lowest BCUT2D eigenvalue weighted by Crippen LogP contribution is -2.09. The van der Waals surface area contributed by atoms with E-state index in [0.717, 1.165) is 47.7 Å². The van der Waals surface area contributed by atoms with Gasteiger partial charge < -0.3 is 14.6 Å². The number of benzene rings is 1. The van der Waals surface area contributed by atoms with Gasteiger partial charge in [-0.05, 0) is 61.6 Å². The zero-order valence-electron chi connectivity index (χ0n) is 15.8. The highest BCUT2D eigenvalue weighted by Gasteiger charge is 2.10.